The minimum absolute atomic E-state index is 0.396. The number of likely N-dealkylation sites (N-methyl/N-ethyl adjacent to an activating group) is 2. The molecule has 0 radical (unpaired) electrons. The molecule has 1 unspecified atom stereocenters. The van der Waals surface area contributed by atoms with Crippen LogP contribution in [0.5, 0.6) is 0 Å². The summed E-state index contributed by atoms with van der Waals surface area (Å²) in [5.74, 6) is 0. The van der Waals surface area contributed by atoms with E-state index in [0.29, 0.717) is 6.04 Å². The first-order valence-electron chi connectivity index (χ1n) is 7.36. The zero-order valence-corrected chi connectivity index (χ0v) is 13.0. The van der Waals surface area contributed by atoms with Gasteiger partial charge in [0.05, 0.1) is 5.52 Å². The average Bonchev–Trinajstić information content (AvgIpc) is 2.50. The smallest absolute Gasteiger partial charge is 0.0705 e. The Kier molecular flexibility index (Phi) is 5.10. The predicted molar refractivity (Wildman–Crippen MR) is 86.0 cm³/mol. The molecule has 3 nitrogen and oxygen atoms in total. The Balaban J connectivity index is 2.16. The van der Waals surface area contributed by atoms with Crippen LogP contribution in [0.25, 0.3) is 10.9 Å². The van der Waals surface area contributed by atoms with E-state index in [4.69, 9.17) is 0 Å². The summed E-state index contributed by atoms with van der Waals surface area (Å²) in [7, 11) is 4.36. The highest BCUT2D eigenvalue weighted by Gasteiger charge is 2.14. The fraction of sp³-hybridized carbons (Fsp3) is 0.471. The van der Waals surface area contributed by atoms with Gasteiger partial charge in [-0.1, -0.05) is 25.1 Å². The van der Waals surface area contributed by atoms with Crippen LogP contribution in [-0.4, -0.2) is 48.5 Å². The number of rotatable bonds is 6. The van der Waals surface area contributed by atoms with Gasteiger partial charge in [-0.2, -0.15) is 0 Å². The van der Waals surface area contributed by atoms with E-state index in [1.54, 1.807) is 0 Å². The molecule has 1 heterocycles. The summed E-state index contributed by atoms with van der Waals surface area (Å²) in [5.41, 5.74) is 2.44. The van der Waals surface area contributed by atoms with Gasteiger partial charge in [0.25, 0.3) is 0 Å². The molecule has 0 aliphatic rings. The number of benzene rings is 1. The number of fused-ring (bicyclic) bond motifs is 1. The van der Waals surface area contributed by atoms with Gasteiger partial charge >= 0.3 is 0 Å². The molecule has 0 spiro atoms. The van der Waals surface area contributed by atoms with Gasteiger partial charge in [0, 0.05) is 30.7 Å². The molecule has 108 valence electrons. The molecule has 1 aromatic carbocycles. The summed E-state index contributed by atoms with van der Waals surface area (Å²) in [6.45, 7) is 7.73. The van der Waals surface area contributed by atoms with E-state index in [1.165, 1.54) is 10.9 Å². The molecule has 0 saturated heterocycles. The standard InChI is InChI=1S/C17H25N3/c1-5-19(3)12-13-20(4)14(2)15-8-6-10-17-16(15)9-7-11-18-17/h6-11,14H,5,12-13H2,1-4H3. The molecule has 0 fully saturated rings. The van der Waals surface area contributed by atoms with Crippen molar-refractivity contribution in [1.29, 1.82) is 0 Å². The Morgan fingerprint density at radius 3 is 2.65 bits per heavy atom. The molecular weight excluding hydrogens is 246 g/mol. The third-order valence-electron chi connectivity index (χ3n) is 4.16. The van der Waals surface area contributed by atoms with Crippen molar-refractivity contribution in [3.63, 3.8) is 0 Å². The number of hydrogen-bond acceptors (Lipinski definition) is 3. The van der Waals surface area contributed by atoms with Crippen LogP contribution >= 0.6 is 0 Å². The van der Waals surface area contributed by atoms with Gasteiger partial charge in [-0.25, -0.2) is 0 Å². The van der Waals surface area contributed by atoms with Crippen LogP contribution in [0.2, 0.25) is 0 Å². The third kappa shape index (κ3) is 3.35. The van der Waals surface area contributed by atoms with Crippen molar-refractivity contribution >= 4 is 10.9 Å². The van der Waals surface area contributed by atoms with E-state index < -0.39 is 0 Å². The maximum Gasteiger partial charge on any atom is 0.0705 e. The van der Waals surface area contributed by atoms with Crippen LogP contribution in [-0.2, 0) is 0 Å². The Hall–Kier alpha value is -1.45. The van der Waals surface area contributed by atoms with Crippen molar-refractivity contribution in [3.05, 3.63) is 42.1 Å². The van der Waals surface area contributed by atoms with Crippen LogP contribution in [0.3, 0.4) is 0 Å². The minimum Gasteiger partial charge on any atom is -0.305 e. The fourth-order valence-corrected chi connectivity index (χ4v) is 2.41. The van der Waals surface area contributed by atoms with Crippen LogP contribution < -0.4 is 0 Å². The maximum atomic E-state index is 4.44. The van der Waals surface area contributed by atoms with E-state index in [9.17, 15) is 0 Å². The Morgan fingerprint density at radius 1 is 1.10 bits per heavy atom. The monoisotopic (exact) mass is 271 g/mol. The molecule has 0 saturated carbocycles. The second-order valence-corrected chi connectivity index (χ2v) is 5.47. The van der Waals surface area contributed by atoms with E-state index in [0.717, 1.165) is 25.2 Å². The summed E-state index contributed by atoms with van der Waals surface area (Å²) in [5, 5.41) is 1.26. The highest BCUT2D eigenvalue weighted by Crippen LogP contribution is 2.26. The first-order valence-corrected chi connectivity index (χ1v) is 7.36. The molecule has 3 heteroatoms. The summed E-state index contributed by atoms with van der Waals surface area (Å²) < 4.78 is 0. The molecule has 2 rings (SSSR count). The van der Waals surface area contributed by atoms with Gasteiger partial charge in [0.2, 0.25) is 0 Å². The van der Waals surface area contributed by atoms with E-state index in [1.807, 2.05) is 12.3 Å². The van der Waals surface area contributed by atoms with Gasteiger partial charge in [-0.05, 0) is 45.3 Å². The highest BCUT2D eigenvalue weighted by molar-refractivity contribution is 5.82. The SMILES string of the molecule is CCN(C)CCN(C)C(C)c1cccc2ncccc12. The summed E-state index contributed by atoms with van der Waals surface area (Å²) in [6.07, 6.45) is 1.86. The summed E-state index contributed by atoms with van der Waals surface area (Å²) in [4.78, 5) is 9.20. The second kappa shape index (κ2) is 6.82. The van der Waals surface area contributed by atoms with Gasteiger partial charge in [0.15, 0.2) is 0 Å². The van der Waals surface area contributed by atoms with Crippen molar-refractivity contribution in [2.24, 2.45) is 0 Å². The second-order valence-electron chi connectivity index (χ2n) is 5.47. The lowest BCUT2D eigenvalue weighted by Gasteiger charge is -2.27. The van der Waals surface area contributed by atoms with Crippen molar-refractivity contribution < 1.29 is 0 Å². The molecular formula is C17H25N3. The average molecular weight is 271 g/mol. The van der Waals surface area contributed by atoms with E-state index >= 15 is 0 Å². The molecule has 1 atom stereocenters. The van der Waals surface area contributed by atoms with Crippen molar-refractivity contribution in [2.45, 2.75) is 19.9 Å². The van der Waals surface area contributed by atoms with Gasteiger partial charge in [-0.15, -0.1) is 0 Å². The first-order chi connectivity index (χ1) is 9.63. The van der Waals surface area contributed by atoms with Gasteiger partial charge in [0.1, 0.15) is 0 Å². The molecule has 0 N–H and O–H groups in total. The lowest BCUT2D eigenvalue weighted by molar-refractivity contribution is 0.221. The van der Waals surface area contributed by atoms with Gasteiger partial charge in [-0.3, -0.25) is 9.88 Å². The number of aromatic nitrogens is 1. The molecule has 0 amide bonds. The summed E-state index contributed by atoms with van der Waals surface area (Å²) in [6, 6.07) is 11.0. The highest BCUT2D eigenvalue weighted by atomic mass is 15.2. The predicted octanol–water partition coefficient (Wildman–Crippen LogP) is 3.18. The van der Waals surface area contributed by atoms with Gasteiger partial charge < -0.3 is 4.90 Å². The molecule has 2 aromatic rings. The maximum absolute atomic E-state index is 4.44. The fourth-order valence-electron chi connectivity index (χ4n) is 2.41. The first kappa shape index (κ1) is 14.9. The number of pyridine rings is 1. The molecule has 1 aromatic heterocycles. The normalized spacial score (nSPS) is 13.3. The van der Waals surface area contributed by atoms with E-state index in [2.05, 4.69) is 67.0 Å². The van der Waals surface area contributed by atoms with Crippen LogP contribution in [0, 0.1) is 0 Å². The Bertz CT molecular complexity index is 547. The molecule has 0 bridgehead atoms. The zero-order valence-electron chi connectivity index (χ0n) is 13.0. The van der Waals surface area contributed by atoms with Crippen molar-refractivity contribution in [3.8, 4) is 0 Å². The molecule has 0 aliphatic heterocycles. The van der Waals surface area contributed by atoms with Crippen molar-refractivity contribution in [1.82, 2.24) is 14.8 Å². The van der Waals surface area contributed by atoms with Crippen LogP contribution in [0.15, 0.2) is 36.5 Å². The lowest BCUT2D eigenvalue weighted by Crippen LogP contribution is -2.32. The Morgan fingerprint density at radius 2 is 1.90 bits per heavy atom. The minimum atomic E-state index is 0.396. The number of hydrogen-bond donors (Lipinski definition) is 0. The largest absolute Gasteiger partial charge is 0.305 e. The van der Waals surface area contributed by atoms with E-state index in [-0.39, 0.29) is 0 Å². The topological polar surface area (TPSA) is 19.4 Å². The quantitative estimate of drug-likeness (QED) is 0.804. The summed E-state index contributed by atoms with van der Waals surface area (Å²) >= 11 is 0. The molecule has 0 aliphatic carbocycles. The molecule has 20 heavy (non-hydrogen) atoms. The zero-order chi connectivity index (χ0) is 14.5. The number of nitrogens with zero attached hydrogens (tertiary/aromatic N) is 3. The Labute approximate surface area is 122 Å². The van der Waals surface area contributed by atoms with Crippen LogP contribution in [0.4, 0.5) is 0 Å². The lowest BCUT2D eigenvalue weighted by atomic mass is 10.0. The van der Waals surface area contributed by atoms with Crippen LogP contribution in [0.1, 0.15) is 25.5 Å². The van der Waals surface area contributed by atoms with Crippen molar-refractivity contribution in [2.75, 3.05) is 33.7 Å². The third-order valence-corrected chi connectivity index (χ3v) is 4.16.